The van der Waals surface area contributed by atoms with E-state index in [1.807, 2.05) is 18.2 Å². The Hall–Kier alpha value is -2.15. The Morgan fingerprint density at radius 2 is 2.16 bits per heavy atom. The summed E-state index contributed by atoms with van der Waals surface area (Å²) in [5, 5.41) is 20.2. The van der Waals surface area contributed by atoms with Crippen molar-refractivity contribution >= 4 is 6.09 Å². The second-order valence-electron chi connectivity index (χ2n) is 4.35. The standard InChI is InChI=1S/C12H14N2O5/c15-10-6-11(14(17)18)13(7-10)12(16)19-8-9-4-2-1-3-5-9/h1-5,10-11,15H,6-8H2. The molecule has 19 heavy (non-hydrogen) atoms. The topological polar surface area (TPSA) is 92.9 Å². The van der Waals surface area contributed by atoms with Gasteiger partial charge in [0.1, 0.15) is 6.61 Å². The van der Waals surface area contributed by atoms with Crippen LogP contribution in [0.25, 0.3) is 0 Å². The van der Waals surface area contributed by atoms with Gasteiger partial charge >= 0.3 is 6.09 Å². The number of carbonyl (C=O) groups is 1. The highest BCUT2D eigenvalue weighted by Gasteiger charge is 2.43. The number of carbonyl (C=O) groups excluding carboxylic acids is 1. The summed E-state index contributed by atoms with van der Waals surface area (Å²) in [7, 11) is 0. The van der Waals surface area contributed by atoms with Gasteiger partial charge in [0.25, 0.3) is 6.17 Å². The van der Waals surface area contributed by atoms with Crippen molar-refractivity contribution in [1.29, 1.82) is 0 Å². The highest BCUT2D eigenvalue weighted by Crippen LogP contribution is 2.19. The largest absolute Gasteiger partial charge is 0.444 e. The van der Waals surface area contributed by atoms with E-state index in [2.05, 4.69) is 0 Å². The average Bonchev–Trinajstić information content (AvgIpc) is 2.79. The summed E-state index contributed by atoms with van der Waals surface area (Å²) < 4.78 is 5.01. The molecule has 1 aliphatic heterocycles. The van der Waals surface area contributed by atoms with Crippen LogP contribution in [0.5, 0.6) is 0 Å². The van der Waals surface area contributed by atoms with Crippen molar-refractivity contribution in [3.05, 3.63) is 46.0 Å². The molecular weight excluding hydrogens is 252 g/mol. The molecule has 0 bridgehead atoms. The number of nitro groups is 1. The number of ether oxygens (including phenoxy) is 1. The number of hydrogen-bond acceptors (Lipinski definition) is 5. The van der Waals surface area contributed by atoms with Gasteiger partial charge in [0.15, 0.2) is 0 Å². The number of amides is 1. The molecule has 2 unspecified atom stereocenters. The molecule has 0 aromatic heterocycles. The molecule has 7 heteroatoms. The summed E-state index contributed by atoms with van der Waals surface area (Å²) >= 11 is 0. The van der Waals surface area contributed by atoms with Gasteiger partial charge in [0, 0.05) is 4.92 Å². The van der Waals surface area contributed by atoms with Crippen LogP contribution in [0, 0.1) is 10.1 Å². The zero-order valence-electron chi connectivity index (χ0n) is 10.1. The minimum Gasteiger partial charge on any atom is -0.444 e. The van der Waals surface area contributed by atoms with Crippen LogP contribution in [0.15, 0.2) is 30.3 Å². The maximum Gasteiger partial charge on any atom is 0.415 e. The minimum atomic E-state index is -1.21. The number of β-amino-alcohol motifs (C(OH)–C–C–N with tert-alkyl or cyclic N) is 1. The van der Waals surface area contributed by atoms with E-state index in [-0.39, 0.29) is 19.6 Å². The lowest BCUT2D eigenvalue weighted by atomic mass is 10.2. The third kappa shape index (κ3) is 3.19. The molecule has 0 aliphatic carbocycles. The molecule has 7 nitrogen and oxygen atoms in total. The SMILES string of the molecule is O=C(OCc1ccccc1)N1CC(O)CC1[N+](=O)[O-]. The molecule has 1 saturated heterocycles. The van der Waals surface area contributed by atoms with E-state index >= 15 is 0 Å². The molecule has 2 rings (SSSR count). The second kappa shape index (κ2) is 5.66. The van der Waals surface area contributed by atoms with Crippen molar-refractivity contribution in [2.75, 3.05) is 6.54 Å². The number of rotatable bonds is 3. The van der Waals surface area contributed by atoms with Gasteiger partial charge in [-0.25, -0.2) is 9.69 Å². The molecule has 1 amide bonds. The van der Waals surface area contributed by atoms with Crippen molar-refractivity contribution < 1.29 is 19.6 Å². The smallest absolute Gasteiger partial charge is 0.415 e. The fraction of sp³-hybridized carbons (Fsp3) is 0.417. The molecule has 102 valence electrons. The van der Waals surface area contributed by atoms with Crippen molar-refractivity contribution in [2.24, 2.45) is 0 Å². The van der Waals surface area contributed by atoms with Gasteiger partial charge in [-0.2, -0.15) is 0 Å². The normalized spacial score (nSPS) is 22.3. The number of aliphatic hydroxyl groups is 1. The molecule has 0 spiro atoms. The second-order valence-corrected chi connectivity index (χ2v) is 4.35. The Bertz CT molecular complexity index is 464. The first-order chi connectivity index (χ1) is 9.08. The predicted molar refractivity (Wildman–Crippen MR) is 64.7 cm³/mol. The number of aliphatic hydroxyl groups excluding tert-OH is 1. The molecule has 0 radical (unpaired) electrons. The van der Waals surface area contributed by atoms with Gasteiger partial charge in [-0.1, -0.05) is 30.3 Å². The summed E-state index contributed by atoms with van der Waals surface area (Å²) in [4.78, 5) is 22.9. The number of likely N-dealkylation sites (tertiary alicyclic amines) is 1. The third-order valence-corrected chi connectivity index (χ3v) is 2.93. The summed E-state index contributed by atoms with van der Waals surface area (Å²) in [5.41, 5.74) is 0.799. The van der Waals surface area contributed by atoms with Crippen molar-refractivity contribution in [3.63, 3.8) is 0 Å². The van der Waals surface area contributed by atoms with E-state index in [0.29, 0.717) is 0 Å². The van der Waals surface area contributed by atoms with E-state index in [1.54, 1.807) is 12.1 Å². The lowest BCUT2D eigenvalue weighted by Crippen LogP contribution is -2.40. The highest BCUT2D eigenvalue weighted by molar-refractivity contribution is 5.68. The average molecular weight is 266 g/mol. The van der Waals surface area contributed by atoms with Gasteiger partial charge in [-0.05, 0) is 5.56 Å². The van der Waals surface area contributed by atoms with Crippen LogP contribution in [0.3, 0.4) is 0 Å². The van der Waals surface area contributed by atoms with Crippen molar-refractivity contribution in [1.82, 2.24) is 4.90 Å². The van der Waals surface area contributed by atoms with E-state index in [0.717, 1.165) is 10.5 Å². The molecule has 0 saturated carbocycles. The molecule has 1 heterocycles. The first-order valence-corrected chi connectivity index (χ1v) is 5.87. The fourth-order valence-electron chi connectivity index (χ4n) is 1.99. The Morgan fingerprint density at radius 1 is 1.47 bits per heavy atom. The zero-order valence-corrected chi connectivity index (χ0v) is 10.1. The van der Waals surface area contributed by atoms with Crippen LogP contribution >= 0.6 is 0 Å². The maximum absolute atomic E-state index is 11.8. The Kier molecular flexibility index (Phi) is 3.96. The van der Waals surface area contributed by atoms with Gasteiger partial charge < -0.3 is 9.84 Å². The Morgan fingerprint density at radius 3 is 2.79 bits per heavy atom. The Labute approximate surface area is 109 Å². The molecule has 1 fully saturated rings. The maximum atomic E-state index is 11.8. The van der Waals surface area contributed by atoms with Crippen LogP contribution in [0.2, 0.25) is 0 Å². The molecule has 1 aliphatic rings. The molecule has 1 aromatic rings. The molecule has 1 N–H and O–H groups in total. The number of nitrogens with zero attached hydrogens (tertiary/aromatic N) is 2. The molecular formula is C12H14N2O5. The monoisotopic (exact) mass is 266 g/mol. The minimum absolute atomic E-state index is 0.0523. The third-order valence-electron chi connectivity index (χ3n) is 2.93. The molecule has 2 atom stereocenters. The van der Waals surface area contributed by atoms with E-state index in [1.165, 1.54) is 0 Å². The van der Waals surface area contributed by atoms with Gasteiger partial charge in [0.05, 0.1) is 19.1 Å². The van der Waals surface area contributed by atoms with Crippen LogP contribution in [0.4, 0.5) is 4.79 Å². The van der Waals surface area contributed by atoms with Gasteiger partial charge in [0.2, 0.25) is 0 Å². The summed E-state index contributed by atoms with van der Waals surface area (Å²) in [6, 6.07) is 9.03. The molecule has 1 aromatic carbocycles. The van der Waals surface area contributed by atoms with Crippen LogP contribution in [-0.2, 0) is 11.3 Å². The number of hydrogen-bond donors (Lipinski definition) is 1. The van der Waals surface area contributed by atoms with Crippen molar-refractivity contribution in [3.8, 4) is 0 Å². The Balaban J connectivity index is 1.94. The van der Waals surface area contributed by atoms with Gasteiger partial charge in [-0.3, -0.25) is 10.1 Å². The van der Waals surface area contributed by atoms with Crippen LogP contribution in [-0.4, -0.2) is 39.8 Å². The summed E-state index contributed by atoms with van der Waals surface area (Å²) in [6.07, 6.45) is -2.92. The summed E-state index contributed by atoms with van der Waals surface area (Å²) in [5.74, 6) is 0. The van der Waals surface area contributed by atoms with Crippen LogP contribution < -0.4 is 0 Å². The fourth-order valence-corrected chi connectivity index (χ4v) is 1.99. The van der Waals surface area contributed by atoms with E-state index in [9.17, 15) is 20.0 Å². The first kappa shape index (κ1) is 13.3. The van der Waals surface area contributed by atoms with Crippen LogP contribution in [0.1, 0.15) is 12.0 Å². The predicted octanol–water partition coefficient (Wildman–Crippen LogP) is 0.993. The quantitative estimate of drug-likeness (QED) is 0.650. The van der Waals surface area contributed by atoms with Gasteiger partial charge in [-0.15, -0.1) is 0 Å². The lowest BCUT2D eigenvalue weighted by molar-refractivity contribution is -0.542. The highest BCUT2D eigenvalue weighted by atomic mass is 16.6. The van der Waals surface area contributed by atoms with E-state index in [4.69, 9.17) is 4.74 Å². The number of benzene rings is 1. The summed E-state index contributed by atoms with van der Waals surface area (Å²) in [6.45, 7) is -0.0179. The zero-order chi connectivity index (χ0) is 13.8. The lowest BCUT2D eigenvalue weighted by Gasteiger charge is -2.17. The van der Waals surface area contributed by atoms with Crippen molar-refractivity contribution in [2.45, 2.75) is 25.3 Å². The first-order valence-electron chi connectivity index (χ1n) is 5.87. The van der Waals surface area contributed by atoms with E-state index < -0.39 is 23.3 Å².